The molecule has 1 saturated heterocycles. The van der Waals surface area contributed by atoms with Gasteiger partial charge in [-0.25, -0.2) is 4.79 Å². The van der Waals surface area contributed by atoms with Crippen LogP contribution in [0.25, 0.3) is 0 Å². The number of halogens is 4. The Morgan fingerprint density at radius 1 is 0.917 bits per heavy atom. The molecule has 3 N–H and O–H groups in total. The lowest BCUT2D eigenvalue weighted by Crippen LogP contribution is -2.39. The molecule has 194 valence electrons. The van der Waals surface area contributed by atoms with E-state index in [1.165, 1.54) is 0 Å². The number of likely N-dealkylation sites (tertiary alicyclic amines) is 1. The van der Waals surface area contributed by atoms with E-state index in [0.29, 0.717) is 32.3 Å². The summed E-state index contributed by atoms with van der Waals surface area (Å²) in [6, 6.07) is 10.5. The fraction of sp³-hybridized carbons (Fsp3) is 0.462. The summed E-state index contributed by atoms with van der Waals surface area (Å²) in [5.41, 5.74) is 1.69. The van der Waals surface area contributed by atoms with Crippen molar-refractivity contribution >= 4 is 64.0 Å². The van der Waals surface area contributed by atoms with Crippen LogP contribution in [-0.4, -0.2) is 49.1 Å². The van der Waals surface area contributed by atoms with Crippen molar-refractivity contribution in [3.8, 4) is 0 Å². The average molecular weight is 572 g/mol. The van der Waals surface area contributed by atoms with E-state index in [9.17, 15) is 9.59 Å². The molecular weight excluding hydrogens is 542 g/mol. The van der Waals surface area contributed by atoms with Crippen molar-refractivity contribution in [2.24, 2.45) is 5.92 Å². The largest absolute Gasteiger partial charge is 0.356 e. The van der Waals surface area contributed by atoms with E-state index in [1.54, 1.807) is 24.3 Å². The number of hydrogen-bond acceptors (Lipinski definition) is 3. The maximum Gasteiger partial charge on any atom is 0.319 e. The predicted octanol–water partition coefficient (Wildman–Crippen LogP) is 6.59. The summed E-state index contributed by atoms with van der Waals surface area (Å²) in [7, 11) is 0. The molecule has 1 saturated carbocycles. The molecule has 1 aliphatic carbocycles. The normalized spacial score (nSPS) is 21.3. The molecule has 2 fully saturated rings. The first kappa shape index (κ1) is 27.3. The molecule has 2 aliphatic rings. The summed E-state index contributed by atoms with van der Waals surface area (Å²) >= 11 is 24.0. The van der Waals surface area contributed by atoms with Gasteiger partial charge in [0, 0.05) is 37.3 Å². The Labute approximate surface area is 232 Å². The van der Waals surface area contributed by atoms with Gasteiger partial charge in [-0.05, 0) is 74.0 Å². The third-order valence-electron chi connectivity index (χ3n) is 6.73. The minimum Gasteiger partial charge on any atom is -0.356 e. The number of anilines is 1. The zero-order valence-electron chi connectivity index (χ0n) is 19.8. The zero-order chi connectivity index (χ0) is 25.7. The fourth-order valence-corrected chi connectivity index (χ4v) is 5.26. The van der Waals surface area contributed by atoms with E-state index in [4.69, 9.17) is 46.4 Å². The van der Waals surface area contributed by atoms with Crippen LogP contribution in [0.15, 0.2) is 36.4 Å². The number of carbonyl (C=O) groups excluding carboxylic acids is 2. The number of amides is 3. The molecule has 10 heteroatoms. The first-order valence-corrected chi connectivity index (χ1v) is 13.8. The topological polar surface area (TPSA) is 73.5 Å². The highest BCUT2D eigenvalue weighted by Gasteiger charge is 2.43. The van der Waals surface area contributed by atoms with E-state index in [-0.39, 0.29) is 29.8 Å². The molecule has 6 nitrogen and oxygen atoms in total. The maximum absolute atomic E-state index is 12.4. The first-order chi connectivity index (χ1) is 17.3. The van der Waals surface area contributed by atoms with Crippen LogP contribution >= 0.6 is 46.4 Å². The molecule has 3 amide bonds. The number of urea groups is 1. The zero-order valence-corrected chi connectivity index (χ0v) is 22.9. The van der Waals surface area contributed by atoms with E-state index >= 15 is 0 Å². The van der Waals surface area contributed by atoms with Gasteiger partial charge in [0.05, 0.1) is 20.1 Å². The second kappa shape index (κ2) is 12.7. The number of rotatable bonds is 10. The Bertz CT molecular complexity index is 1100. The summed E-state index contributed by atoms with van der Waals surface area (Å²) in [4.78, 5) is 27.1. The second-order valence-electron chi connectivity index (χ2n) is 9.49. The molecule has 0 spiro atoms. The molecule has 2 aromatic rings. The molecule has 0 bridgehead atoms. The van der Waals surface area contributed by atoms with Gasteiger partial charge in [0.25, 0.3) is 0 Å². The van der Waals surface area contributed by atoms with Crippen LogP contribution in [0.3, 0.4) is 0 Å². The summed E-state index contributed by atoms with van der Waals surface area (Å²) in [5.74, 6) is 0.395. The lowest BCUT2D eigenvalue weighted by molar-refractivity contribution is -0.122. The van der Waals surface area contributed by atoms with Crippen LogP contribution in [0, 0.1) is 5.92 Å². The van der Waals surface area contributed by atoms with Crippen LogP contribution in [0.5, 0.6) is 0 Å². The SMILES string of the molecule is O=C(Nc1ccc(Cl)c(Cl)c1)N[C@H]1CCN(CCCCCNC(=O)[C@@H]2C[C@H]2c2ccc(Cl)c(Cl)c2)C1. The third-order valence-corrected chi connectivity index (χ3v) is 8.21. The van der Waals surface area contributed by atoms with Crippen molar-refractivity contribution in [3.05, 3.63) is 62.1 Å². The molecule has 1 heterocycles. The second-order valence-corrected chi connectivity index (χ2v) is 11.1. The Morgan fingerprint density at radius 3 is 2.42 bits per heavy atom. The summed E-state index contributed by atoms with van der Waals surface area (Å²) in [5, 5.41) is 10.8. The van der Waals surface area contributed by atoms with Gasteiger partial charge in [0.2, 0.25) is 5.91 Å². The summed E-state index contributed by atoms with van der Waals surface area (Å²) in [6.07, 6.45) is 4.85. The Balaban J connectivity index is 1.05. The molecule has 1 aliphatic heterocycles. The predicted molar refractivity (Wildman–Crippen MR) is 148 cm³/mol. The van der Waals surface area contributed by atoms with Crippen molar-refractivity contribution in [2.45, 2.75) is 44.1 Å². The van der Waals surface area contributed by atoms with Crippen LogP contribution in [0.2, 0.25) is 20.1 Å². The van der Waals surface area contributed by atoms with Gasteiger partial charge in [0.15, 0.2) is 0 Å². The molecular formula is C26H30Cl4N4O2. The quantitative estimate of drug-likeness (QED) is 0.282. The minimum absolute atomic E-state index is 0.0325. The van der Waals surface area contributed by atoms with Gasteiger partial charge >= 0.3 is 6.03 Å². The van der Waals surface area contributed by atoms with Crippen LogP contribution in [0.4, 0.5) is 10.5 Å². The number of unbranched alkanes of at least 4 members (excludes halogenated alkanes) is 2. The lowest BCUT2D eigenvalue weighted by atomic mass is 10.1. The molecule has 3 atom stereocenters. The summed E-state index contributed by atoms with van der Waals surface area (Å²) < 4.78 is 0. The number of nitrogens with one attached hydrogen (secondary N) is 3. The number of benzene rings is 2. The van der Waals surface area contributed by atoms with E-state index in [2.05, 4.69) is 20.9 Å². The Morgan fingerprint density at radius 2 is 1.67 bits per heavy atom. The van der Waals surface area contributed by atoms with Gasteiger partial charge in [-0.2, -0.15) is 0 Å². The monoisotopic (exact) mass is 570 g/mol. The van der Waals surface area contributed by atoms with Gasteiger partial charge in [-0.15, -0.1) is 0 Å². The lowest BCUT2D eigenvalue weighted by Gasteiger charge is -2.17. The van der Waals surface area contributed by atoms with Gasteiger partial charge in [-0.1, -0.05) is 58.9 Å². The molecule has 0 radical (unpaired) electrons. The molecule has 4 rings (SSSR count). The van der Waals surface area contributed by atoms with Crippen molar-refractivity contribution in [3.63, 3.8) is 0 Å². The van der Waals surface area contributed by atoms with Gasteiger partial charge in [0.1, 0.15) is 0 Å². The smallest absolute Gasteiger partial charge is 0.319 e. The number of carbonyl (C=O) groups is 2. The third kappa shape index (κ3) is 7.65. The van der Waals surface area contributed by atoms with E-state index in [1.807, 2.05) is 12.1 Å². The molecule has 0 unspecified atom stereocenters. The van der Waals surface area contributed by atoms with Crippen LogP contribution < -0.4 is 16.0 Å². The van der Waals surface area contributed by atoms with E-state index in [0.717, 1.165) is 57.3 Å². The Kier molecular flexibility index (Phi) is 9.65. The maximum atomic E-state index is 12.4. The average Bonchev–Trinajstić information content (AvgIpc) is 3.53. The van der Waals surface area contributed by atoms with Gasteiger partial charge < -0.3 is 20.9 Å². The first-order valence-electron chi connectivity index (χ1n) is 12.3. The summed E-state index contributed by atoms with van der Waals surface area (Å²) in [6.45, 7) is 3.49. The molecule has 0 aromatic heterocycles. The number of nitrogens with zero attached hydrogens (tertiary/aromatic N) is 1. The van der Waals surface area contributed by atoms with Crippen LogP contribution in [0.1, 0.15) is 43.6 Å². The molecule has 2 aromatic carbocycles. The van der Waals surface area contributed by atoms with E-state index < -0.39 is 0 Å². The van der Waals surface area contributed by atoms with Crippen molar-refractivity contribution < 1.29 is 9.59 Å². The fourth-order valence-electron chi connectivity index (χ4n) is 4.66. The van der Waals surface area contributed by atoms with Crippen molar-refractivity contribution in [1.29, 1.82) is 0 Å². The highest BCUT2D eigenvalue weighted by atomic mass is 35.5. The highest BCUT2D eigenvalue weighted by molar-refractivity contribution is 6.42. The minimum atomic E-state index is -0.243. The molecule has 36 heavy (non-hydrogen) atoms. The standard InChI is InChI=1S/C26H30Cl4N4O2/c27-21-6-4-16(12-23(21)29)19-14-20(19)25(35)31-9-2-1-3-10-34-11-8-18(15-34)33-26(36)32-17-5-7-22(28)24(30)13-17/h4-7,12-13,18-20H,1-3,8-11,14-15H2,(H,31,35)(H2,32,33,36)/t18-,19-,20+/m0/s1. The van der Waals surface area contributed by atoms with Gasteiger partial charge in [-0.3, -0.25) is 4.79 Å². The van der Waals surface area contributed by atoms with Crippen LogP contribution in [-0.2, 0) is 4.79 Å². The number of hydrogen-bond donors (Lipinski definition) is 3. The Hall–Kier alpha value is -1.70. The highest BCUT2D eigenvalue weighted by Crippen LogP contribution is 2.48. The van der Waals surface area contributed by atoms with Crippen molar-refractivity contribution in [2.75, 3.05) is 31.5 Å². The van der Waals surface area contributed by atoms with Crippen molar-refractivity contribution in [1.82, 2.24) is 15.5 Å².